The highest BCUT2D eigenvalue weighted by Crippen LogP contribution is 2.41. The number of rotatable bonds is 2. The van der Waals surface area contributed by atoms with Crippen LogP contribution in [-0.4, -0.2) is 13.9 Å². The third kappa shape index (κ3) is 3.23. The van der Waals surface area contributed by atoms with Gasteiger partial charge in [0.2, 0.25) is 0 Å². The Labute approximate surface area is 148 Å². The third-order valence-electron chi connectivity index (χ3n) is 3.60. The Bertz CT molecular complexity index is 906. The smallest absolute Gasteiger partial charge is 0.375 e. The summed E-state index contributed by atoms with van der Waals surface area (Å²) in [7, 11) is -5.73. The molecule has 0 spiro atoms. The van der Waals surface area contributed by atoms with Crippen molar-refractivity contribution in [1.82, 2.24) is 0 Å². The van der Waals surface area contributed by atoms with Crippen molar-refractivity contribution in [2.24, 2.45) is 0 Å². The van der Waals surface area contributed by atoms with Crippen molar-refractivity contribution in [1.29, 1.82) is 0 Å². The van der Waals surface area contributed by atoms with E-state index in [-0.39, 0.29) is 10.2 Å². The summed E-state index contributed by atoms with van der Waals surface area (Å²) in [6.45, 7) is 5.29. The Morgan fingerprint density at radius 3 is 1.91 bits per heavy atom. The number of hydrogen-bond acceptors (Lipinski definition) is 3. The molecule has 0 amide bonds. The zero-order chi connectivity index (χ0) is 17.7. The van der Waals surface area contributed by atoms with Crippen molar-refractivity contribution >= 4 is 52.8 Å². The molecule has 0 fully saturated rings. The predicted molar refractivity (Wildman–Crippen MR) is 89.2 cm³/mol. The average Bonchev–Trinajstić information content (AvgIpc) is 2.41. The summed E-state index contributed by atoms with van der Waals surface area (Å²) in [5.74, 6) is -0.370. The molecule has 0 saturated heterocycles. The number of aryl methyl sites for hydroxylation is 2. The fourth-order valence-electron chi connectivity index (χ4n) is 2.15. The molecular weight excluding hydrogens is 465 g/mol. The molecule has 0 aliphatic heterocycles. The van der Waals surface area contributed by atoms with E-state index in [4.69, 9.17) is 0 Å². The van der Waals surface area contributed by atoms with Crippen LogP contribution < -0.4 is 4.18 Å². The maximum absolute atomic E-state index is 12.5. The Kier molecular flexibility index (Phi) is 4.78. The number of benzene rings is 2. The van der Waals surface area contributed by atoms with Gasteiger partial charge in [-0.05, 0) is 70.7 Å². The van der Waals surface area contributed by atoms with E-state index >= 15 is 0 Å². The second-order valence-electron chi connectivity index (χ2n) is 5.00. The number of halogens is 5. The van der Waals surface area contributed by atoms with Crippen LogP contribution in [-0.2, 0) is 10.1 Å². The molecule has 0 bridgehead atoms. The average molecular weight is 476 g/mol. The van der Waals surface area contributed by atoms with Crippen LogP contribution in [0.5, 0.6) is 5.75 Å². The van der Waals surface area contributed by atoms with Crippen molar-refractivity contribution in [3.8, 4) is 5.75 Å². The monoisotopic (exact) mass is 474 g/mol. The molecule has 0 radical (unpaired) electrons. The molecule has 0 heterocycles. The summed E-state index contributed by atoms with van der Waals surface area (Å²) in [6, 6.07) is 3.28. The second kappa shape index (κ2) is 5.93. The van der Waals surface area contributed by atoms with E-state index in [1.807, 2.05) is 13.8 Å². The largest absolute Gasteiger partial charge is 0.534 e. The lowest BCUT2D eigenvalue weighted by molar-refractivity contribution is -0.0500. The fraction of sp³-hybridized carbons (Fsp3) is 0.286. The van der Waals surface area contributed by atoms with Gasteiger partial charge in [0, 0.05) is 10.0 Å². The number of alkyl halides is 3. The molecule has 0 N–H and O–H groups in total. The molecule has 0 saturated carbocycles. The van der Waals surface area contributed by atoms with Crippen LogP contribution in [0.3, 0.4) is 0 Å². The van der Waals surface area contributed by atoms with Gasteiger partial charge in [0.25, 0.3) is 0 Å². The molecule has 2 rings (SSSR count). The molecule has 0 atom stereocenters. The molecule has 126 valence electrons. The molecule has 0 aliphatic rings. The predicted octanol–water partition coefficient (Wildman–Crippen LogP) is 5.52. The lowest BCUT2D eigenvalue weighted by Crippen LogP contribution is -2.28. The van der Waals surface area contributed by atoms with E-state index in [0.717, 1.165) is 21.0 Å². The lowest BCUT2D eigenvalue weighted by Gasteiger charge is -2.17. The van der Waals surface area contributed by atoms with Gasteiger partial charge in [-0.25, -0.2) is 0 Å². The number of fused-ring (bicyclic) bond motifs is 1. The van der Waals surface area contributed by atoms with Crippen LogP contribution in [0.15, 0.2) is 21.1 Å². The van der Waals surface area contributed by atoms with Gasteiger partial charge in [-0.3, -0.25) is 0 Å². The molecule has 23 heavy (non-hydrogen) atoms. The van der Waals surface area contributed by atoms with Crippen molar-refractivity contribution < 1.29 is 25.8 Å². The van der Waals surface area contributed by atoms with Crippen molar-refractivity contribution in [3.05, 3.63) is 37.8 Å². The molecule has 2 aromatic carbocycles. The maximum Gasteiger partial charge on any atom is 0.534 e. The highest BCUT2D eigenvalue weighted by molar-refractivity contribution is 9.10. The Balaban J connectivity index is 2.76. The summed E-state index contributed by atoms with van der Waals surface area (Å²) < 4.78 is 65.4. The highest BCUT2D eigenvalue weighted by Gasteiger charge is 2.49. The van der Waals surface area contributed by atoms with E-state index in [9.17, 15) is 21.6 Å². The minimum atomic E-state index is -5.73. The summed E-state index contributed by atoms with van der Waals surface area (Å²) in [6.07, 6.45) is 0. The van der Waals surface area contributed by atoms with E-state index in [1.165, 1.54) is 6.92 Å². The van der Waals surface area contributed by atoms with E-state index in [2.05, 4.69) is 36.0 Å². The fourth-order valence-corrected chi connectivity index (χ4v) is 3.91. The van der Waals surface area contributed by atoms with E-state index in [0.29, 0.717) is 10.9 Å². The topological polar surface area (TPSA) is 43.4 Å². The zero-order valence-corrected chi connectivity index (χ0v) is 16.2. The first-order chi connectivity index (χ1) is 10.4. The zero-order valence-electron chi connectivity index (χ0n) is 12.2. The standard InChI is InChI=1S/C14H11Br2F3O3S/c1-6-7(2)11(15)4-10-8(3)13(12(16)5-9(6)10)22-23(20,21)14(17,18)19/h4-5H,1-3H3. The molecular formula is C14H11Br2F3O3S. The van der Waals surface area contributed by atoms with Gasteiger partial charge in [0.1, 0.15) is 0 Å². The highest BCUT2D eigenvalue weighted by atomic mass is 79.9. The van der Waals surface area contributed by atoms with E-state index < -0.39 is 15.6 Å². The van der Waals surface area contributed by atoms with Crippen LogP contribution in [0.4, 0.5) is 13.2 Å². The summed E-state index contributed by atoms with van der Waals surface area (Å²) in [5, 5.41) is 1.40. The van der Waals surface area contributed by atoms with Crippen LogP contribution in [0.25, 0.3) is 10.8 Å². The first-order valence-electron chi connectivity index (χ1n) is 6.26. The van der Waals surface area contributed by atoms with Crippen molar-refractivity contribution in [2.45, 2.75) is 26.3 Å². The van der Waals surface area contributed by atoms with Gasteiger partial charge in [-0.15, -0.1) is 0 Å². The normalized spacial score (nSPS) is 12.7. The first-order valence-corrected chi connectivity index (χ1v) is 9.25. The van der Waals surface area contributed by atoms with Crippen molar-refractivity contribution in [3.63, 3.8) is 0 Å². The van der Waals surface area contributed by atoms with Crippen molar-refractivity contribution in [2.75, 3.05) is 0 Å². The summed E-state index contributed by atoms with van der Waals surface area (Å²) >= 11 is 6.48. The Morgan fingerprint density at radius 2 is 1.39 bits per heavy atom. The molecule has 3 nitrogen and oxygen atoms in total. The van der Waals surface area contributed by atoms with E-state index in [1.54, 1.807) is 12.1 Å². The van der Waals surface area contributed by atoms with Crippen LogP contribution >= 0.6 is 31.9 Å². The van der Waals surface area contributed by atoms with Gasteiger partial charge in [0.05, 0.1) is 4.47 Å². The molecule has 0 unspecified atom stereocenters. The maximum atomic E-state index is 12.5. The molecule has 9 heteroatoms. The van der Waals surface area contributed by atoms with Gasteiger partial charge >= 0.3 is 15.6 Å². The van der Waals surface area contributed by atoms with Gasteiger partial charge in [-0.1, -0.05) is 15.9 Å². The van der Waals surface area contributed by atoms with Gasteiger partial charge in [0.15, 0.2) is 5.75 Å². The summed E-state index contributed by atoms with van der Waals surface area (Å²) in [4.78, 5) is 0. The van der Waals surface area contributed by atoms with Crippen LogP contribution in [0, 0.1) is 20.8 Å². The van der Waals surface area contributed by atoms with Crippen LogP contribution in [0.1, 0.15) is 16.7 Å². The first kappa shape index (κ1) is 18.5. The minimum absolute atomic E-state index is 0.139. The molecule has 0 aromatic heterocycles. The SMILES string of the molecule is Cc1c(Br)cc2c(C)c(OS(=O)(=O)C(F)(F)F)c(Br)cc2c1C. The third-order valence-corrected chi connectivity index (χ3v) is 5.96. The minimum Gasteiger partial charge on any atom is -0.375 e. The van der Waals surface area contributed by atoms with Gasteiger partial charge in [-0.2, -0.15) is 21.6 Å². The Hall–Kier alpha value is -0.800. The van der Waals surface area contributed by atoms with Gasteiger partial charge < -0.3 is 4.18 Å². The molecule has 2 aromatic rings. The second-order valence-corrected chi connectivity index (χ2v) is 8.25. The number of hydrogen-bond donors (Lipinski definition) is 0. The van der Waals surface area contributed by atoms with Crippen LogP contribution in [0.2, 0.25) is 0 Å². The summed E-state index contributed by atoms with van der Waals surface area (Å²) in [5.41, 5.74) is -3.27. The molecule has 0 aliphatic carbocycles. The lowest BCUT2D eigenvalue weighted by atomic mass is 9.97. The Morgan fingerprint density at radius 1 is 0.913 bits per heavy atom. The quantitative estimate of drug-likeness (QED) is 0.424.